The number of nitrogens with one attached hydrogen (secondary N) is 1. The van der Waals surface area contributed by atoms with E-state index in [-0.39, 0.29) is 12.3 Å². The lowest BCUT2D eigenvalue weighted by atomic mass is 9.71. The van der Waals surface area contributed by atoms with Crippen LogP contribution in [0, 0.1) is 31.6 Å². The Morgan fingerprint density at radius 1 is 1.15 bits per heavy atom. The van der Waals surface area contributed by atoms with E-state index in [0.717, 1.165) is 42.6 Å². The Hall–Kier alpha value is -2.31. The average molecular weight is 471 g/mol. The van der Waals surface area contributed by atoms with Crippen LogP contribution in [0.15, 0.2) is 18.2 Å². The summed E-state index contributed by atoms with van der Waals surface area (Å²) in [6, 6.07) is 6.04. The van der Waals surface area contributed by atoms with Gasteiger partial charge in [-0.15, -0.1) is 10.2 Å². The van der Waals surface area contributed by atoms with Gasteiger partial charge in [0.15, 0.2) is 0 Å². The molecule has 1 N–H and O–H groups in total. The maximum atomic E-state index is 14.7. The van der Waals surface area contributed by atoms with Crippen molar-refractivity contribution in [3.8, 4) is 0 Å². The minimum absolute atomic E-state index is 0.293. The highest BCUT2D eigenvalue weighted by molar-refractivity contribution is 5.94. The molecule has 2 aromatic rings. The topological polar surface area (TPSA) is 59.8 Å². The number of carbonyl (C=O) groups is 1. The van der Waals surface area contributed by atoms with Crippen LogP contribution >= 0.6 is 0 Å². The van der Waals surface area contributed by atoms with E-state index in [2.05, 4.69) is 33.9 Å². The smallest absolute Gasteiger partial charge is 0.249 e. The van der Waals surface area contributed by atoms with Gasteiger partial charge in [0, 0.05) is 36.4 Å². The molecule has 3 aliphatic rings. The lowest BCUT2D eigenvalue weighted by Gasteiger charge is -2.36. The van der Waals surface area contributed by atoms with Gasteiger partial charge in [-0.05, 0) is 69.4 Å². The standard InChI is InChI=1S/C27H36F2N4O/c1-15(2)9-18-11-19(12-18)24-31-32-25(33(24)20-6-7-20)21-13-27(28,29)14-22(21)26(34)30-23-8-5-16(3)10-17(23)4/h5,8,10,15,18-22H,6-7,9,11-14H2,1-4H3,(H,30,34)/t18?,19?,21-,22-/m0/s1. The number of halogens is 2. The fraction of sp³-hybridized carbons (Fsp3) is 0.667. The van der Waals surface area contributed by atoms with Crippen LogP contribution in [0.4, 0.5) is 14.5 Å². The monoisotopic (exact) mass is 470 g/mol. The van der Waals surface area contributed by atoms with Crippen LogP contribution in [0.3, 0.4) is 0 Å². The van der Waals surface area contributed by atoms with Gasteiger partial charge in [0.25, 0.3) is 0 Å². The van der Waals surface area contributed by atoms with E-state index in [4.69, 9.17) is 0 Å². The van der Waals surface area contributed by atoms with Gasteiger partial charge in [-0.3, -0.25) is 4.79 Å². The lowest BCUT2D eigenvalue weighted by molar-refractivity contribution is -0.121. The first-order chi connectivity index (χ1) is 16.1. The van der Waals surface area contributed by atoms with Crippen molar-refractivity contribution < 1.29 is 13.6 Å². The third kappa shape index (κ3) is 4.63. The molecule has 5 rings (SSSR count). The number of alkyl halides is 2. The molecule has 34 heavy (non-hydrogen) atoms. The molecule has 1 aromatic carbocycles. The van der Waals surface area contributed by atoms with Gasteiger partial charge in [0.1, 0.15) is 11.6 Å². The van der Waals surface area contributed by atoms with Crippen molar-refractivity contribution in [3.63, 3.8) is 0 Å². The summed E-state index contributed by atoms with van der Waals surface area (Å²) in [4.78, 5) is 13.3. The SMILES string of the molecule is Cc1ccc(NC(=O)[C@H]2CC(F)(F)C[C@@H]2c2nnc(C3CC(CC(C)C)C3)n2C2CC2)c(C)c1. The predicted octanol–water partition coefficient (Wildman–Crippen LogP) is 6.54. The fourth-order valence-electron chi connectivity index (χ4n) is 6.10. The van der Waals surface area contributed by atoms with Crippen molar-refractivity contribution >= 4 is 11.6 Å². The zero-order valence-electron chi connectivity index (χ0n) is 20.7. The Balaban J connectivity index is 1.39. The summed E-state index contributed by atoms with van der Waals surface area (Å²) in [7, 11) is 0. The first-order valence-electron chi connectivity index (χ1n) is 12.8. The quantitative estimate of drug-likeness (QED) is 0.500. The summed E-state index contributed by atoms with van der Waals surface area (Å²) >= 11 is 0. The van der Waals surface area contributed by atoms with Gasteiger partial charge in [-0.25, -0.2) is 8.78 Å². The lowest BCUT2D eigenvalue weighted by Crippen LogP contribution is -2.28. The number of nitrogens with zero attached hydrogens (tertiary/aromatic N) is 3. The van der Waals surface area contributed by atoms with E-state index in [1.54, 1.807) is 0 Å². The minimum atomic E-state index is -2.88. The first-order valence-corrected chi connectivity index (χ1v) is 12.8. The Labute approximate surface area is 200 Å². The van der Waals surface area contributed by atoms with E-state index in [1.807, 2.05) is 32.0 Å². The summed E-state index contributed by atoms with van der Waals surface area (Å²) in [5, 5.41) is 12.0. The third-order valence-corrected chi connectivity index (χ3v) is 7.90. The van der Waals surface area contributed by atoms with E-state index >= 15 is 0 Å². The largest absolute Gasteiger partial charge is 0.326 e. The van der Waals surface area contributed by atoms with Crippen molar-refractivity contribution in [2.75, 3.05) is 5.32 Å². The highest BCUT2D eigenvalue weighted by Gasteiger charge is 2.53. The molecule has 0 radical (unpaired) electrons. The second-order valence-electron chi connectivity index (χ2n) is 11.5. The molecule has 184 valence electrons. The summed E-state index contributed by atoms with van der Waals surface area (Å²) in [6.07, 6.45) is 4.69. The Kier molecular flexibility index (Phi) is 6.01. The van der Waals surface area contributed by atoms with Crippen LogP contribution in [-0.2, 0) is 4.79 Å². The Morgan fingerprint density at radius 2 is 1.85 bits per heavy atom. The van der Waals surface area contributed by atoms with Gasteiger partial charge in [0.2, 0.25) is 11.8 Å². The molecular formula is C27H36F2N4O. The van der Waals surface area contributed by atoms with E-state index in [9.17, 15) is 13.6 Å². The van der Waals surface area contributed by atoms with Crippen molar-refractivity contribution in [3.05, 3.63) is 41.0 Å². The molecule has 0 bridgehead atoms. The fourth-order valence-corrected chi connectivity index (χ4v) is 6.10. The number of aryl methyl sites for hydroxylation is 2. The maximum absolute atomic E-state index is 14.7. The minimum Gasteiger partial charge on any atom is -0.326 e. The zero-order chi connectivity index (χ0) is 24.2. The number of rotatable bonds is 7. The van der Waals surface area contributed by atoms with Gasteiger partial charge >= 0.3 is 0 Å². The molecule has 0 aliphatic heterocycles. The van der Waals surface area contributed by atoms with E-state index in [0.29, 0.717) is 35.3 Å². The molecule has 3 aliphatic carbocycles. The maximum Gasteiger partial charge on any atom is 0.249 e. The molecule has 2 atom stereocenters. The molecule has 1 heterocycles. The number of carbonyl (C=O) groups excluding carboxylic acids is 1. The number of anilines is 1. The third-order valence-electron chi connectivity index (χ3n) is 7.90. The number of amides is 1. The van der Waals surface area contributed by atoms with Gasteiger partial charge < -0.3 is 9.88 Å². The van der Waals surface area contributed by atoms with Gasteiger partial charge in [-0.1, -0.05) is 31.5 Å². The average Bonchev–Trinajstić information content (AvgIpc) is 3.38. The second kappa shape index (κ2) is 8.72. The van der Waals surface area contributed by atoms with Crippen LogP contribution in [0.5, 0.6) is 0 Å². The molecular weight excluding hydrogens is 434 g/mol. The second-order valence-corrected chi connectivity index (χ2v) is 11.5. The molecule has 1 aromatic heterocycles. The van der Waals surface area contributed by atoms with Gasteiger partial charge in [-0.2, -0.15) is 0 Å². The number of hydrogen-bond acceptors (Lipinski definition) is 3. The van der Waals surface area contributed by atoms with Crippen molar-refractivity contribution in [2.24, 2.45) is 17.8 Å². The normalized spacial score (nSPS) is 28.2. The summed E-state index contributed by atoms with van der Waals surface area (Å²) in [5.41, 5.74) is 2.70. The van der Waals surface area contributed by atoms with E-state index < -0.39 is 24.2 Å². The summed E-state index contributed by atoms with van der Waals surface area (Å²) in [6.45, 7) is 8.41. The van der Waals surface area contributed by atoms with Gasteiger partial charge in [0.05, 0.1) is 5.92 Å². The predicted molar refractivity (Wildman–Crippen MR) is 128 cm³/mol. The van der Waals surface area contributed by atoms with Crippen LogP contribution in [0.1, 0.15) is 99.4 Å². The molecule has 5 nitrogen and oxygen atoms in total. The van der Waals surface area contributed by atoms with Crippen LogP contribution in [0.25, 0.3) is 0 Å². The molecule has 0 unspecified atom stereocenters. The van der Waals surface area contributed by atoms with Crippen molar-refractivity contribution in [1.82, 2.24) is 14.8 Å². The van der Waals surface area contributed by atoms with Crippen LogP contribution < -0.4 is 5.32 Å². The molecule has 1 amide bonds. The number of benzene rings is 1. The number of hydrogen-bond donors (Lipinski definition) is 1. The highest BCUT2D eigenvalue weighted by Crippen LogP contribution is 2.52. The summed E-state index contributed by atoms with van der Waals surface area (Å²) in [5.74, 6) is -1.35. The van der Waals surface area contributed by atoms with Crippen molar-refractivity contribution in [2.45, 2.75) is 96.4 Å². The molecule has 7 heteroatoms. The van der Waals surface area contributed by atoms with E-state index in [1.165, 1.54) is 6.42 Å². The Morgan fingerprint density at radius 3 is 2.50 bits per heavy atom. The number of aromatic nitrogens is 3. The molecule has 0 saturated heterocycles. The van der Waals surface area contributed by atoms with Crippen LogP contribution in [0.2, 0.25) is 0 Å². The highest BCUT2D eigenvalue weighted by atomic mass is 19.3. The molecule has 3 saturated carbocycles. The molecule has 3 fully saturated rings. The van der Waals surface area contributed by atoms with Crippen molar-refractivity contribution in [1.29, 1.82) is 0 Å². The zero-order valence-corrected chi connectivity index (χ0v) is 20.7. The Bertz CT molecular complexity index is 1070. The van der Waals surface area contributed by atoms with Crippen LogP contribution in [-0.4, -0.2) is 26.6 Å². The first kappa shape index (κ1) is 23.4. The molecule has 0 spiro atoms. The summed E-state index contributed by atoms with van der Waals surface area (Å²) < 4.78 is 31.5.